The van der Waals surface area contributed by atoms with Crippen LogP contribution in [-0.2, 0) is 24.1 Å². The van der Waals surface area contributed by atoms with E-state index in [0.29, 0.717) is 5.92 Å². The van der Waals surface area contributed by atoms with Crippen LogP contribution in [0.15, 0.2) is 6.07 Å². The fraction of sp³-hybridized carbons (Fsp3) is 0.611. The molecule has 4 heteroatoms. The average molecular weight is 301 g/mol. The van der Waals surface area contributed by atoms with Crippen molar-refractivity contribution in [2.45, 2.75) is 39.0 Å². The summed E-state index contributed by atoms with van der Waals surface area (Å²) in [5, 5.41) is 0. The Morgan fingerprint density at radius 2 is 2.00 bits per heavy atom. The number of benzene rings is 1. The Labute approximate surface area is 131 Å². The van der Waals surface area contributed by atoms with Crippen molar-refractivity contribution in [2.75, 3.05) is 26.3 Å². The number of nitrogens with zero attached hydrogens (tertiary/aromatic N) is 1. The number of carbonyl (C=O) groups excluding carboxylic acids is 1. The van der Waals surface area contributed by atoms with Crippen LogP contribution in [0.25, 0.3) is 0 Å². The van der Waals surface area contributed by atoms with E-state index in [1.54, 1.807) is 6.92 Å². The van der Waals surface area contributed by atoms with Gasteiger partial charge in [-0.3, -0.25) is 4.79 Å². The molecule has 1 saturated heterocycles. The molecule has 0 unspecified atom stereocenters. The van der Waals surface area contributed by atoms with Crippen LogP contribution < -0.4 is 9.47 Å². The number of amides is 1. The zero-order chi connectivity index (χ0) is 15.1. The van der Waals surface area contributed by atoms with Gasteiger partial charge in [-0.25, -0.2) is 0 Å². The van der Waals surface area contributed by atoms with E-state index in [4.69, 9.17) is 9.47 Å². The summed E-state index contributed by atoms with van der Waals surface area (Å²) in [5.74, 6) is 3.08. The maximum atomic E-state index is 11.5. The molecule has 3 heterocycles. The van der Waals surface area contributed by atoms with Gasteiger partial charge in [-0.1, -0.05) is 0 Å². The number of ether oxygens (including phenoxy) is 2. The molecule has 3 aliphatic heterocycles. The largest absolute Gasteiger partial charge is 0.493 e. The van der Waals surface area contributed by atoms with Crippen molar-refractivity contribution in [3.63, 3.8) is 0 Å². The van der Waals surface area contributed by atoms with Crippen molar-refractivity contribution in [1.82, 2.24) is 4.90 Å². The fourth-order valence-corrected chi connectivity index (χ4v) is 4.04. The van der Waals surface area contributed by atoms with Crippen molar-refractivity contribution >= 4 is 5.91 Å². The monoisotopic (exact) mass is 301 g/mol. The summed E-state index contributed by atoms with van der Waals surface area (Å²) in [4.78, 5) is 13.4. The van der Waals surface area contributed by atoms with Crippen LogP contribution in [0.2, 0.25) is 0 Å². The average Bonchev–Trinajstić information content (AvgIpc) is 3.16. The first-order valence-electron chi connectivity index (χ1n) is 8.41. The highest BCUT2D eigenvalue weighted by Crippen LogP contribution is 2.42. The van der Waals surface area contributed by atoms with Gasteiger partial charge in [0.2, 0.25) is 5.91 Å². The first-order chi connectivity index (χ1) is 10.7. The second kappa shape index (κ2) is 5.49. The maximum Gasteiger partial charge on any atom is 0.219 e. The molecule has 0 saturated carbocycles. The predicted octanol–water partition coefficient (Wildman–Crippen LogP) is 2.36. The van der Waals surface area contributed by atoms with Gasteiger partial charge in [0.25, 0.3) is 0 Å². The zero-order valence-electron chi connectivity index (χ0n) is 13.2. The lowest BCUT2D eigenvalue weighted by atomic mass is 9.86. The first kappa shape index (κ1) is 13.9. The molecule has 4 nitrogen and oxygen atoms in total. The van der Waals surface area contributed by atoms with Crippen LogP contribution in [0.1, 0.15) is 36.5 Å². The highest BCUT2D eigenvalue weighted by atomic mass is 16.5. The molecule has 1 amide bonds. The summed E-state index contributed by atoms with van der Waals surface area (Å²) in [7, 11) is 0. The maximum absolute atomic E-state index is 11.5. The molecule has 1 aromatic carbocycles. The SMILES string of the molecule is CC(=O)N1CCC(Cc2c3c(cc4c2OCC4)OCC3)CC1. The Morgan fingerprint density at radius 1 is 1.23 bits per heavy atom. The summed E-state index contributed by atoms with van der Waals surface area (Å²) >= 11 is 0. The van der Waals surface area contributed by atoms with E-state index in [-0.39, 0.29) is 5.91 Å². The standard InChI is InChI=1S/C18H23NO3/c1-12(20)19-6-2-13(3-7-19)10-16-15-5-9-21-17(15)11-14-4-8-22-18(14)16/h11,13H,2-10H2,1H3. The molecule has 4 rings (SSSR count). The van der Waals surface area contributed by atoms with E-state index in [9.17, 15) is 4.79 Å². The zero-order valence-corrected chi connectivity index (χ0v) is 13.2. The summed E-state index contributed by atoms with van der Waals surface area (Å²) in [6.45, 7) is 5.06. The highest BCUT2D eigenvalue weighted by molar-refractivity contribution is 5.73. The van der Waals surface area contributed by atoms with Crippen LogP contribution >= 0.6 is 0 Å². The Hall–Kier alpha value is -1.71. The number of piperidine rings is 1. The van der Waals surface area contributed by atoms with E-state index in [2.05, 4.69) is 6.07 Å². The lowest BCUT2D eigenvalue weighted by molar-refractivity contribution is -0.130. The van der Waals surface area contributed by atoms with Crippen LogP contribution in [0.4, 0.5) is 0 Å². The Bertz CT molecular complexity index is 571. The molecule has 118 valence electrons. The Kier molecular flexibility index (Phi) is 3.47. The van der Waals surface area contributed by atoms with E-state index in [1.807, 2.05) is 4.90 Å². The van der Waals surface area contributed by atoms with Gasteiger partial charge in [0.15, 0.2) is 0 Å². The fourth-order valence-electron chi connectivity index (χ4n) is 4.04. The van der Waals surface area contributed by atoms with Gasteiger partial charge in [0, 0.05) is 49.5 Å². The molecule has 0 N–H and O–H groups in total. The molecule has 1 fully saturated rings. The molecular formula is C18H23NO3. The number of fused-ring (bicyclic) bond motifs is 2. The van der Waals surface area contributed by atoms with Crippen LogP contribution in [0, 0.1) is 5.92 Å². The van der Waals surface area contributed by atoms with Crippen molar-refractivity contribution in [1.29, 1.82) is 0 Å². The Morgan fingerprint density at radius 3 is 2.77 bits per heavy atom. The molecule has 0 aliphatic carbocycles. The third-order valence-corrected chi connectivity index (χ3v) is 5.31. The van der Waals surface area contributed by atoms with Gasteiger partial charge in [-0.05, 0) is 31.2 Å². The van der Waals surface area contributed by atoms with Crippen molar-refractivity contribution < 1.29 is 14.3 Å². The minimum atomic E-state index is 0.205. The first-order valence-corrected chi connectivity index (χ1v) is 8.41. The number of hydrogen-bond acceptors (Lipinski definition) is 3. The van der Waals surface area contributed by atoms with Gasteiger partial charge < -0.3 is 14.4 Å². The lowest BCUT2D eigenvalue weighted by Gasteiger charge is -2.31. The molecule has 3 aliphatic rings. The van der Waals surface area contributed by atoms with Gasteiger partial charge in [0.1, 0.15) is 11.5 Å². The van der Waals surface area contributed by atoms with E-state index in [0.717, 1.165) is 69.9 Å². The number of carbonyl (C=O) groups is 1. The van der Waals surface area contributed by atoms with Gasteiger partial charge in [-0.15, -0.1) is 0 Å². The van der Waals surface area contributed by atoms with Gasteiger partial charge in [-0.2, -0.15) is 0 Å². The van der Waals surface area contributed by atoms with E-state index < -0.39 is 0 Å². The second-order valence-corrected chi connectivity index (χ2v) is 6.67. The summed E-state index contributed by atoms with van der Waals surface area (Å²) in [6.07, 6.45) is 5.27. The normalized spacial score (nSPS) is 20.3. The van der Waals surface area contributed by atoms with Crippen molar-refractivity contribution in [2.24, 2.45) is 5.92 Å². The molecule has 0 spiro atoms. The molecule has 0 bridgehead atoms. The van der Waals surface area contributed by atoms with Crippen LogP contribution in [0.5, 0.6) is 11.5 Å². The van der Waals surface area contributed by atoms with Crippen molar-refractivity contribution in [3.05, 3.63) is 22.8 Å². The van der Waals surface area contributed by atoms with Crippen molar-refractivity contribution in [3.8, 4) is 11.5 Å². The molecule has 0 atom stereocenters. The molecule has 0 radical (unpaired) electrons. The summed E-state index contributed by atoms with van der Waals surface area (Å²) < 4.78 is 11.7. The third kappa shape index (κ3) is 2.34. The topological polar surface area (TPSA) is 38.8 Å². The van der Waals surface area contributed by atoms with Gasteiger partial charge in [0.05, 0.1) is 13.2 Å². The molecule has 1 aromatic rings. The van der Waals surface area contributed by atoms with E-state index >= 15 is 0 Å². The molecule has 22 heavy (non-hydrogen) atoms. The molecule has 0 aromatic heterocycles. The quantitative estimate of drug-likeness (QED) is 0.842. The number of likely N-dealkylation sites (tertiary alicyclic amines) is 1. The number of rotatable bonds is 2. The number of hydrogen-bond donors (Lipinski definition) is 0. The highest BCUT2D eigenvalue weighted by Gasteiger charge is 2.29. The smallest absolute Gasteiger partial charge is 0.219 e. The summed E-state index contributed by atoms with van der Waals surface area (Å²) in [6, 6.07) is 2.19. The Balaban J connectivity index is 1.55. The predicted molar refractivity (Wildman–Crippen MR) is 83.5 cm³/mol. The second-order valence-electron chi connectivity index (χ2n) is 6.67. The van der Waals surface area contributed by atoms with Crippen LogP contribution in [0.3, 0.4) is 0 Å². The van der Waals surface area contributed by atoms with E-state index in [1.165, 1.54) is 16.7 Å². The minimum Gasteiger partial charge on any atom is -0.493 e. The lowest BCUT2D eigenvalue weighted by Crippen LogP contribution is -2.37. The van der Waals surface area contributed by atoms with Gasteiger partial charge >= 0.3 is 0 Å². The third-order valence-electron chi connectivity index (χ3n) is 5.31. The minimum absolute atomic E-state index is 0.205. The molecular weight excluding hydrogens is 278 g/mol. The van der Waals surface area contributed by atoms with Crippen LogP contribution in [-0.4, -0.2) is 37.1 Å². The summed E-state index contributed by atoms with van der Waals surface area (Å²) in [5.41, 5.74) is 4.08.